The molecule has 2 bridgehead atoms. The third-order valence-electron chi connectivity index (χ3n) is 5.12. The predicted octanol–water partition coefficient (Wildman–Crippen LogP) is 2.04. The molecule has 0 aliphatic carbocycles. The first-order valence-electron chi connectivity index (χ1n) is 8.54. The van der Waals surface area contributed by atoms with Crippen molar-refractivity contribution in [1.29, 1.82) is 0 Å². The van der Waals surface area contributed by atoms with E-state index in [1.807, 2.05) is 19.1 Å². The monoisotopic (exact) mass is 325 g/mol. The van der Waals surface area contributed by atoms with Crippen LogP contribution in [0.1, 0.15) is 29.9 Å². The molecule has 0 radical (unpaired) electrons. The maximum Gasteiger partial charge on any atom is 0.160 e. The topological polar surface area (TPSA) is 58.5 Å². The van der Waals surface area contributed by atoms with Crippen molar-refractivity contribution in [3.63, 3.8) is 0 Å². The molecule has 24 heavy (non-hydrogen) atoms. The first-order valence-corrected chi connectivity index (χ1v) is 8.54. The number of fused-ring (bicyclic) bond motifs is 2. The van der Waals surface area contributed by atoms with Gasteiger partial charge in [0.15, 0.2) is 5.82 Å². The number of nitrogens with zero attached hydrogens (tertiary/aromatic N) is 3. The highest BCUT2D eigenvalue weighted by molar-refractivity contribution is 5.17. The van der Waals surface area contributed by atoms with Gasteiger partial charge < -0.3 is 9.84 Å². The van der Waals surface area contributed by atoms with Crippen molar-refractivity contribution in [3.8, 4) is 0 Å². The lowest BCUT2D eigenvalue weighted by Gasteiger charge is -2.51. The van der Waals surface area contributed by atoms with E-state index in [0.717, 1.165) is 12.2 Å². The number of hydrogen-bond donors (Lipinski definition) is 1. The molecule has 2 fully saturated rings. The second kappa shape index (κ2) is 6.24. The van der Waals surface area contributed by atoms with E-state index < -0.39 is 5.60 Å². The van der Waals surface area contributed by atoms with E-state index in [9.17, 15) is 5.11 Å². The van der Waals surface area contributed by atoms with E-state index in [0.29, 0.717) is 31.9 Å². The van der Waals surface area contributed by atoms with Gasteiger partial charge >= 0.3 is 0 Å². The van der Waals surface area contributed by atoms with Gasteiger partial charge in [-0.1, -0.05) is 30.3 Å². The Morgan fingerprint density at radius 1 is 1.17 bits per heavy atom. The van der Waals surface area contributed by atoms with Crippen molar-refractivity contribution in [2.75, 3.05) is 13.2 Å². The summed E-state index contributed by atoms with van der Waals surface area (Å²) in [4.78, 5) is 11.3. The SMILES string of the molecule is Cc1ccnc(C2(O)CC3COCC(C2)N3Cc2ccccc2)n1. The summed E-state index contributed by atoms with van der Waals surface area (Å²) >= 11 is 0. The Bertz CT molecular complexity index is 693. The molecule has 3 heterocycles. The Morgan fingerprint density at radius 3 is 2.54 bits per heavy atom. The highest BCUT2D eigenvalue weighted by atomic mass is 16.5. The predicted molar refractivity (Wildman–Crippen MR) is 90.3 cm³/mol. The lowest BCUT2D eigenvalue weighted by molar-refractivity contribution is -0.152. The van der Waals surface area contributed by atoms with E-state index >= 15 is 0 Å². The normalized spacial score (nSPS) is 30.2. The summed E-state index contributed by atoms with van der Waals surface area (Å²) in [6.45, 7) is 4.13. The quantitative estimate of drug-likeness (QED) is 0.936. The molecule has 126 valence electrons. The fraction of sp³-hybridized carbons (Fsp3) is 0.474. The summed E-state index contributed by atoms with van der Waals surface area (Å²) < 4.78 is 5.76. The molecule has 0 spiro atoms. The second-order valence-corrected chi connectivity index (χ2v) is 6.96. The lowest BCUT2D eigenvalue weighted by Crippen LogP contribution is -2.60. The van der Waals surface area contributed by atoms with Crippen LogP contribution in [0.3, 0.4) is 0 Å². The van der Waals surface area contributed by atoms with Crippen LogP contribution in [0.15, 0.2) is 42.6 Å². The number of aromatic nitrogens is 2. The van der Waals surface area contributed by atoms with Gasteiger partial charge in [0.1, 0.15) is 5.60 Å². The molecule has 0 amide bonds. The molecular weight excluding hydrogens is 302 g/mol. The summed E-state index contributed by atoms with van der Waals surface area (Å²) in [5.41, 5.74) is 1.23. The van der Waals surface area contributed by atoms with Crippen LogP contribution in [0.5, 0.6) is 0 Å². The first kappa shape index (κ1) is 15.7. The minimum Gasteiger partial charge on any atom is -0.382 e. The zero-order chi connectivity index (χ0) is 16.6. The molecule has 2 aliphatic rings. The number of hydrogen-bond acceptors (Lipinski definition) is 5. The molecule has 1 N–H and O–H groups in total. The third-order valence-corrected chi connectivity index (χ3v) is 5.12. The number of aryl methyl sites for hydroxylation is 1. The highest BCUT2D eigenvalue weighted by Gasteiger charge is 2.48. The zero-order valence-corrected chi connectivity index (χ0v) is 13.9. The average Bonchev–Trinajstić information content (AvgIpc) is 2.57. The number of ether oxygens (including phenoxy) is 1. The van der Waals surface area contributed by atoms with Crippen LogP contribution in [-0.4, -0.2) is 45.3 Å². The molecule has 5 heteroatoms. The van der Waals surface area contributed by atoms with Crippen molar-refractivity contribution in [2.24, 2.45) is 0 Å². The summed E-state index contributed by atoms with van der Waals surface area (Å²) in [5, 5.41) is 11.2. The molecule has 2 aliphatic heterocycles. The van der Waals surface area contributed by atoms with E-state index in [2.05, 4.69) is 39.1 Å². The molecular formula is C19H23N3O2. The molecule has 1 aromatic carbocycles. The molecule has 2 aromatic rings. The summed E-state index contributed by atoms with van der Waals surface area (Å²) in [7, 11) is 0. The van der Waals surface area contributed by atoms with Crippen LogP contribution in [0.4, 0.5) is 0 Å². The minimum atomic E-state index is -0.960. The standard InChI is InChI=1S/C19H23N3O2/c1-14-7-8-20-18(21-14)19(23)9-16-12-24-13-17(10-19)22(16)11-15-5-3-2-4-6-15/h2-8,16-17,23H,9-13H2,1H3. The molecule has 2 atom stereocenters. The molecule has 4 rings (SSSR count). The van der Waals surface area contributed by atoms with E-state index in [-0.39, 0.29) is 12.1 Å². The van der Waals surface area contributed by atoms with Crippen LogP contribution in [0.2, 0.25) is 0 Å². The largest absolute Gasteiger partial charge is 0.382 e. The molecule has 2 saturated heterocycles. The Morgan fingerprint density at radius 2 is 1.88 bits per heavy atom. The average molecular weight is 325 g/mol. The van der Waals surface area contributed by atoms with Gasteiger partial charge in [-0.15, -0.1) is 0 Å². The van der Waals surface area contributed by atoms with Crippen LogP contribution >= 0.6 is 0 Å². The molecule has 0 saturated carbocycles. The minimum absolute atomic E-state index is 0.187. The summed E-state index contributed by atoms with van der Waals surface area (Å²) in [6, 6.07) is 12.7. The first-order chi connectivity index (χ1) is 11.6. The highest BCUT2D eigenvalue weighted by Crippen LogP contribution is 2.40. The molecule has 2 unspecified atom stereocenters. The van der Waals surface area contributed by atoms with Gasteiger partial charge in [-0.25, -0.2) is 9.97 Å². The maximum absolute atomic E-state index is 11.2. The van der Waals surface area contributed by atoms with Gasteiger partial charge in [0.25, 0.3) is 0 Å². The van der Waals surface area contributed by atoms with Gasteiger partial charge in [-0.05, 0) is 18.6 Å². The van der Waals surface area contributed by atoms with Gasteiger partial charge in [0, 0.05) is 43.4 Å². The summed E-state index contributed by atoms with van der Waals surface area (Å²) in [6.07, 6.45) is 2.96. The Balaban J connectivity index is 1.58. The summed E-state index contributed by atoms with van der Waals surface area (Å²) in [5.74, 6) is 0.554. The molecule has 5 nitrogen and oxygen atoms in total. The van der Waals surface area contributed by atoms with Crippen LogP contribution in [0, 0.1) is 6.92 Å². The van der Waals surface area contributed by atoms with E-state index in [1.165, 1.54) is 5.56 Å². The van der Waals surface area contributed by atoms with Crippen molar-refractivity contribution in [3.05, 3.63) is 59.7 Å². The van der Waals surface area contributed by atoms with Crippen molar-refractivity contribution >= 4 is 0 Å². The van der Waals surface area contributed by atoms with Crippen molar-refractivity contribution in [2.45, 2.75) is 44.0 Å². The van der Waals surface area contributed by atoms with Crippen LogP contribution in [0.25, 0.3) is 0 Å². The lowest BCUT2D eigenvalue weighted by atomic mass is 9.80. The van der Waals surface area contributed by atoms with E-state index in [1.54, 1.807) is 6.20 Å². The van der Waals surface area contributed by atoms with Crippen molar-refractivity contribution in [1.82, 2.24) is 14.9 Å². The maximum atomic E-state index is 11.2. The third kappa shape index (κ3) is 2.95. The molecule has 1 aromatic heterocycles. The number of aliphatic hydroxyl groups is 1. The van der Waals surface area contributed by atoms with Gasteiger partial charge in [0.2, 0.25) is 0 Å². The van der Waals surface area contributed by atoms with Crippen molar-refractivity contribution < 1.29 is 9.84 Å². The number of rotatable bonds is 3. The Labute approximate surface area is 142 Å². The second-order valence-electron chi connectivity index (χ2n) is 6.96. The van der Waals surface area contributed by atoms with E-state index in [4.69, 9.17) is 4.74 Å². The van der Waals surface area contributed by atoms with Gasteiger partial charge in [-0.3, -0.25) is 4.90 Å². The van der Waals surface area contributed by atoms with Crippen LogP contribution < -0.4 is 0 Å². The number of benzene rings is 1. The Kier molecular flexibility index (Phi) is 4.08. The number of piperidine rings is 1. The fourth-order valence-electron chi connectivity index (χ4n) is 3.95. The fourth-order valence-corrected chi connectivity index (χ4v) is 3.95. The smallest absolute Gasteiger partial charge is 0.160 e. The van der Waals surface area contributed by atoms with Gasteiger partial charge in [0.05, 0.1) is 13.2 Å². The zero-order valence-electron chi connectivity index (χ0n) is 13.9. The Hall–Kier alpha value is -1.82. The van der Waals surface area contributed by atoms with Crippen LogP contribution in [-0.2, 0) is 16.9 Å². The van der Waals surface area contributed by atoms with Gasteiger partial charge in [-0.2, -0.15) is 0 Å². The number of morpholine rings is 1.